The normalized spacial score (nSPS) is 31.4. The summed E-state index contributed by atoms with van der Waals surface area (Å²) in [4.78, 5) is 24.4. The maximum Gasteiger partial charge on any atom is 0.335 e. The van der Waals surface area contributed by atoms with Gasteiger partial charge in [0.15, 0.2) is 6.29 Å². The minimum absolute atomic E-state index is 0.0366. The molecule has 0 spiro atoms. The zero-order valence-corrected chi connectivity index (χ0v) is 19.5. The molecule has 36 heavy (non-hydrogen) atoms. The first kappa shape index (κ1) is 27.6. The van der Waals surface area contributed by atoms with E-state index in [0.29, 0.717) is 6.42 Å². The lowest BCUT2D eigenvalue weighted by Gasteiger charge is -2.41. The zero-order valence-electron chi connectivity index (χ0n) is 19.5. The average Bonchev–Trinajstić information content (AvgIpc) is 2.85. The number of rotatable bonds is 9. The summed E-state index contributed by atoms with van der Waals surface area (Å²) >= 11 is 0. The minimum atomic E-state index is -1.70. The number of carbonyl (C=O) groups is 2. The molecule has 1 aromatic rings. The second kappa shape index (κ2) is 12.3. The molecule has 198 valence electrons. The van der Waals surface area contributed by atoms with Gasteiger partial charge in [-0.25, -0.2) is 4.79 Å². The van der Waals surface area contributed by atoms with Gasteiger partial charge in [-0.1, -0.05) is 18.2 Å². The van der Waals surface area contributed by atoms with Crippen LogP contribution in [0.1, 0.15) is 18.9 Å². The molecule has 7 atom stereocenters. The van der Waals surface area contributed by atoms with Crippen molar-refractivity contribution in [2.45, 2.75) is 56.8 Å². The summed E-state index contributed by atoms with van der Waals surface area (Å²) in [5, 5.41) is 58.5. The van der Waals surface area contributed by atoms with E-state index in [1.54, 1.807) is 19.1 Å². The number of esters is 1. The van der Waals surface area contributed by atoms with Crippen molar-refractivity contribution in [3.05, 3.63) is 53.3 Å². The highest BCUT2D eigenvalue weighted by Gasteiger charge is 2.46. The van der Waals surface area contributed by atoms with E-state index in [-0.39, 0.29) is 29.9 Å². The molecule has 0 bridgehead atoms. The van der Waals surface area contributed by atoms with E-state index in [1.807, 2.05) is 0 Å². The van der Waals surface area contributed by atoms with Gasteiger partial charge in [-0.05, 0) is 24.6 Å². The Bertz CT molecular complexity index is 970. The highest BCUT2D eigenvalue weighted by molar-refractivity contribution is 5.89. The van der Waals surface area contributed by atoms with Crippen molar-refractivity contribution in [3.8, 4) is 5.75 Å². The number of ether oxygens (including phenoxy) is 4. The molecule has 7 unspecified atom stereocenters. The number of hydrogen-bond donors (Lipinski definition) is 6. The molecule has 12 nitrogen and oxygen atoms in total. The lowest BCUT2D eigenvalue weighted by atomic mass is 9.86. The molecular formula is C24H30O12. The minimum Gasteiger partial charge on any atom is -0.508 e. The molecule has 1 aromatic carbocycles. The fourth-order valence-corrected chi connectivity index (χ4v) is 3.99. The van der Waals surface area contributed by atoms with Crippen molar-refractivity contribution >= 4 is 11.9 Å². The van der Waals surface area contributed by atoms with Crippen LogP contribution in [0.25, 0.3) is 0 Å². The Kier molecular flexibility index (Phi) is 9.43. The van der Waals surface area contributed by atoms with Crippen molar-refractivity contribution in [3.63, 3.8) is 0 Å². The first-order valence-corrected chi connectivity index (χ1v) is 11.3. The van der Waals surface area contributed by atoms with Crippen molar-refractivity contribution in [2.24, 2.45) is 5.92 Å². The number of phenols is 1. The number of aliphatic carboxylic acids is 1. The van der Waals surface area contributed by atoms with Gasteiger partial charge in [0.05, 0.1) is 31.5 Å². The van der Waals surface area contributed by atoms with Crippen LogP contribution in [0.2, 0.25) is 0 Å². The molecule has 1 fully saturated rings. The largest absolute Gasteiger partial charge is 0.508 e. The Morgan fingerprint density at radius 2 is 1.78 bits per heavy atom. The van der Waals surface area contributed by atoms with Crippen LogP contribution in [0.3, 0.4) is 0 Å². The van der Waals surface area contributed by atoms with Crippen LogP contribution in [0, 0.1) is 5.92 Å². The van der Waals surface area contributed by atoms with Crippen LogP contribution >= 0.6 is 0 Å². The number of aromatic hydroxyl groups is 1. The van der Waals surface area contributed by atoms with E-state index in [0.717, 1.165) is 11.8 Å². The van der Waals surface area contributed by atoms with Gasteiger partial charge in [-0.2, -0.15) is 0 Å². The second-order valence-corrected chi connectivity index (χ2v) is 8.36. The number of benzene rings is 1. The third-order valence-corrected chi connectivity index (χ3v) is 6.02. The van der Waals surface area contributed by atoms with Gasteiger partial charge in [-0.3, -0.25) is 4.79 Å². The smallest absolute Gasteiger partial charge is 0.335 e. The Morgan fingerprint density at radius 1 is 1.08 bits per heavy atom. The van der Waals surface area contributed by atoms with Crippen molar-refractivity contribution in [1.82, 2.24) is 0 Å². The van der Waals surface area contributed by atoms with Crippen LogP contribution in [0.4, 0.5) is 0 Å². The van der Waals surface area contributed by atoms with E-state index < -0.39 is 61.5 Å². The molecule has 3 rings (SSSR count). The second-order valence-electron chi connectivity index (χ2n) is 8.36. The quantitative estimate of drug-likeness (QED) is 0.186. The first-order chi connectivity index (χ1) is 17.2. The van der Waals surface area contributed by atoms with Gasteiger partial charge in [0.25, 0.3) is 0 Å². The summed E-state index contributed by atoms with van der Waals surface area (Å²) in [5.74, 6) is -2.86. The van der Waals surface area contributed by atoms with E-state index in [9.17, 15) is 40.2 Å². The highest BCUT2D eigenvalue weighted by Crippen LogP contribution is 2.35. The van der Waals surface area contributed by atoms with Gasteiger partial charge in [-0.15, -0.1) is 0 Å². The number of carboxylic acid groups (broad SMARTS) is 1. The fraction of sp³-hybridized carbons (Fsp3) is 0.500. The topological polar surface area (TPSA) is 192 Å². The lowest BCUT2D eigenvalue weighted by molar-refractivity contribution is -0.327. The molecule has 0 radical (unpaired) electrons. The molecule has 0 aliphatic carbocycles. The van der Waals surface area contributed by atoms with Gasteiger partial charge < -0.3 is 49.6 Å². The molecule has 0 amide bonds. The summed E-state index contributed by atoms with van der Waals surface area (Å²) in [5.41, 5.74) is 0.856. The van der Waals surface area contributed by atoms with Crippen LogP contribution in [-0.2, 0) is 35.0 Å². The molecule has 1 saturated heterocycles. The Morgan fingerprint density at radius 3 is 2.39 bits per heavy atom. The standard InChI is InChI=1S/C24H30O12/c1-2-14-15(9-18(27)33-8-7-12-3-5-13(26)6-4-12)16(22(31)32)11-34-23(14)36-24-21(30)20(29)19(28)17(10-25)35-24/h2-6,11,15,17,19-21,23-26,28-30H,7-10H2,1H3,(H,31,32). The number of allylic oxidation sites excluding steroid dienone is 1. The Hall–Kier alpha value is -3.00. The molecular weight excluding hydrogens is 480 g/mol. The first-order valence-electron chi connectivity index (χ1n) is 11.3. The Labute approximate surface area is 206 Å². The maximum absolute atomic E-state index is 12.6. The van der Waals surface area contributed by atoms with Crippen LogP contribution in [-0.4, -0.2) is 92.8 Å². The van der Waals surface area contributed by atoms with Crippen molar-refractivity contribution in [1.29, 1.82) is 0 Å². The summed E-state index contributed by atoms with van der Waals surface area (Å²) in [6.07, 6.45) is -6.52. The van der Waals surface area contributed by atoms with Gasteiger partial charge in [0, 0.05) is 17.9 Å². The van der Waals surface area contributed by atoms with E-state index >= 15 is 0 Å². The SMILES string of the molecule is CC=C1C(OC2OC(CO)C(O)C(O)C2O)OC=C(C(=O)O)C1CC(=O)OCCc1ccc(O)cc1. The van der Waals surface area contributed by atoms with E-state index in [1.165, 1.54) is 18.2 Å². The summed E-state index contributed by atoms with van der Waals surface area (Å²) < 4.78 is 21.6. The summed E-state index contributed by atoms with van der Waals surface area (Å²) in [6.45, 7) is 0.958. The monoisotopic (exact) mass is 510 g/mol. The van der Waals surface area contributed by atoms with Crippen molar-refractivity contribution < 1.29 is 59.2 Å². The maximum atomic E-state index is 12.6. The van der Waals surface area contributed by atoms with Crippen LogP contribution in [0.15, 0.2) is 47.7 Å². The summed E-state index contributed by atoms with van der Waals surface area (Å²) in [7, 11) is 0. The Balaban J connectivity index is 1.68. The van der Waals surface area contributed by atoms with E-state index in [4.69, 9.17) is 18.9 Å². The van der Waals surface area contributed by atoms with Crippen LogP contribution < -0.4 is 0 Å². The lowest BCUT2D eigenvalue weighted by Crippen LogP contribution is -2.60. The average molecular weight is 510 g/mol. The number of aliphatic hydroxyl groups is 4. The molecule has 12 heteroatoms. The number of carboxylic acids is 1. The van der Waals surface area contributed by atoms with Gasteiger partial charge >= 0.3 is 11.9 Å². The zero-order chi connectivity index (χ0) is 26.4. The predicted octanol–water partition coefficient (Wildman–Crippen LogP) is -0.428. The summed E-state index contributed by atoms with van der Waals surface area (Å²) in [6, 6.07) is 6.39. The molecule has 6 N–H and O–H groups in total. The number of aliphatic hydroxyl groups excluding tert-OH is 4. The number of hydrogen-bond acceptors (Lipinski definition) is 11. The van der Waals surface area contributed by atoms with Gasteiger partial charge in [0.1, 0.15) is 30.2 Å². The highest BCUT2D eigenvalue weighted by atomic mass is 16.8. The van der Waals surface area contributed by atoms with Gasteiger partial charge in [0.2, 0.25) is 6.29 Å². The molecule has 2 aliphatic heterocycles. The predicted molar refractivity (Wildman–Crippen MR) is 120 cm³/mol. The van der Waals surface area contributed by atoms with Crippen molar-refractivity contribution in [2.75, 3.05) is 13.2 Å². The fourth-order valence-electron chi connectivity index (χ4n) is 3.99. The number of carbonyl (C=O) groups excluding carboxylic acids is 1. The third kappa shape index (κ3) is 6.40. The van der Waals surface area contributed by atoms with E-state index in [2.05, 4.69) is 0 Å². The van der Waals surface area contributed by atoms with Crippen LogP contribution in [0.5, 0.6) is 5.75 Å². The third-order valence-electron chi connectivity index (χ3n) is 6.02. The molecule has 2 heterocycles. The molecule has 0 aromatic heterocycles. The molecule has 2 aliphatic rings. The number of phenolic OH excluding ortho intramolecular Hbond substituents is 1. The molecule has 0 saturated carbocycles.